The molecule has 1 saturated carbocycles. The first-order chi connectivity index (χ1) is 7.60. The van der Waals surface area contributed by atoms with Crippen molar-refractivity contribution in [2.75, 3.05) is 6.61 Å². The summed E-state index contributed by atoms with van der Waals surface area (Å²) in [4.78, 5) is 0. The van der Waals surface area contributed by atoms with Crippen molar-refractivity contribution < 1.29 is 5.11 Å². The van der Waals surface area contributed by atoms with E-state index in [1.807, 2.05) is 0 Å². The predicted molar refractivity (Wildman–Crippen MR) is 70.4 cm³/mol. The van der Waals surface area contributed by atoms with Crippen LogP contribution >= 0.6 is 0 Å². The molecule has 1 nitrogen and oxygen atoms in total. The Bertz CT molecular complexity index is 244. The van der Waals surface area contributed by atoms with Crippen molar-refractivity contribution >= 4 is 0 Å². The normalized spacial score (nSPS) is 34.2. The van der Waals surface area contributed by atoms with E-state index in [1.54, 1.807) is 0 Å². The average molecular weight is 224 g/mol. The Kier molecular flexibility index (Phi) is 5.04. The van der Waals surface area contributed by atoms with Crippen LogP contribution in [0.15, 0.2) is 11.6 Å². The van der Waals surface area contributed by atoms with E-state index < -0.39 is 0 Å². The molecule has 1 aliphatic carbocycles. The summed E-state index contributed by atoms with van der Waals surface area (Å²) < 4.78 is 0. The first kappa shape index (κ1) is 13.8. The molecule has 0 heterocycles. The molecular weight excluding hydrogens is 196 g/mol. The monoisotopic (exact) mass is 224 g/mol. The molecule has 94 valence electrons. The van der Waals surface area contributed by atoms with Crippen molar-refractivity contribution in [2.24, 2.45) is 17.3 Å². The van der Waals surface area contributed by atoms with Crippen molar-refractivity contribution in [3.63, 3.8) is 0 Å². The van der Waals surface area contributed by atoms with Crippen molar-refractivity contribution in [3.8, 4) is 0 Å². The largest absolute Gasteiger partial charge is 0.396 e. The van der Waals surface area contributed by atoms with Gasteiger partial charge in [-0.3, -0.25) is 0 Å². The van der Waals surface area contributed by atoms with Crippen molar-refractivity contribution in [2.45, 2.75) is 59.8 Å². The minimum atomic E-state index is 0.362. The van der Waals surface area contributed by atoms with Gasteiger partial charge in [-0.15, -0.1) is 0 Å². The van der Waals surface area contributed by atoms with Crippen LogP contribution in [0.4, 0.5) is 0 Å². The number of hydrogen-bond acceptors (Lipinski definition) is 1. The molecule has 1 heteroatoms. The molecule has 0 unspecified atom stereocenters. The Labute approximate surface area is 101 Å². The summed E-state index contributed by atoms with van der Waals surface area (Å²) in [6, 6.07) is 0. The Morgan fingerprint density at radius 2 is 2.00 bits per heavy atom. The second-order valence-corrected chi connectivity index (χ2v) is 5.69. The maximum absolute atomic E-state index is 9.42. The van der Waals surface area contributed by atoms with Crippen LogP contribution in [0, 0.1) is 17.3 Å². The van der Waals surface area contributed by atoms with Crippen LogP contribution in [-0.2, 0) is 0 Å². The van der Waals surface area contributed by atoms with Crippen LogP contribution in [0.2, 0.25) is 0 Å². The molecular formula is C15H28O. The molecule has 0 bridgehead atoms. The highest BCUT2D eigenvalue weighted by Crippen LogP contribution is 2.62. The van der Waals surface area contributed by atoms with Gasteiger partial charge in [0.05, 0.1) is 0 Å². The standard InChI is InChI=1S/C15H28O/c1-5-7-9-15(4)13(14(15)11-16)10-12(3)8-6-2/h10,13-14,16H,5-9,11H2,1-4H3/b12-10-/t13-,14+,15+/m1/s1. The van der Waals surface area contributed by atoms with E-state index in [9.17, 15) is 5.11 Å². The highest BCUT2D eigenvalue weighted by atomic mass is 16.3. The van der Waals surface area contributed by atoms with Gasteiger partial charge in [-0.2, -0.15) is 0 Å². The molecule has 0 saturated heterocycles. The third kappa shape index (κ3) is 2.88. The SMILES string of the molecule is CCCC[C@@]1(C)[C@H](/C=C(/C)CCC)[C@@H]1CO. The third-order valence-corrected chi connectivity index (χ3v) is 4.31. The summed E-state index contributed by atoms with van der Waals surface area (Å²) in [5.41, 5.74) is 1.89. The van der Waals surface area contributed by atoms with Gasteiger partial charge in [0.25, 0.3) is 0 Å². The van der Waals surface area contributed by atoms with Gasteiger partial charge in [-0.05, 0) is 37.0 Å². The zero-order chi connectivity index (χ0) is 12.2. The average Bonchev–Trinajstić information content (AvgIpc) is 2.80. The van der Waals surface area contributed by atoms with Crippen LogP contribution in [0.3, 0.4) is 0 Å². The van der Waals surface area contributed by atoms with E-state index >= 15 is 0 Å². The minimum absolute atomic E-state index is 0.362. The molecule has 1 aliphatic rings. The second kappa shape index (κ2) is 5.86. The lowest BCUT2D eigenvalue weighted by atomic mass is 9.96. The van der Waals surface area contributed by atoms with E-state index in [2.05, 4.69) is 33.8 Å². The van der Waals surface area contributed by atoms with Gasteiger partial charge >= 0.3 is 0 Å². The lowest BCUT2D eigenvalue weighted by molar-refractivity contribution is 0.248. The molecule has 0 spiro atoms. The fraction of sp³-hybridized carbons (Fsp3) is 0.867. The van der Waals surface area contributed by atoms with Gasteiger partial charge in [0.15, 0.2) is 0 Å². The number of allylic oxidation sites excluding steroid dienone is 2. The van der Waals surface area contributed by atoms with Crippen LogP contribution < -0.4 is 0 Å². The van der Waals surface area contributed by atoms with Gasteiger partial charge in [-0.1, -0.05) is 51.7 Å². The summed E-state index contributed by atoms with van der Waals surface area (Å²) in [7, 11) is 0. The number of aliphatic hydroxyl groups excluding tert-OH is 1. The van der Waals surface area contributed by atoms with E-state index in [0.29, 0.717) is 23.9 Å². The number of rotatable bonds is 7. The zero-order valence-corrected chi connectivity index (χ0v) is 11.4. The molecule has 0 amide bonds. The molecule has 0 aliphatic heterocycles. The fourth-order valence-electron chi connectivity index (χ4n) is 3.02. The number of unbranched alkanes of at least 4 members (excludes halogenated alkanes) is 1. The molecule has 0 aromatic heterocycles. The minimum Gasteiger partial charge on any atom is -0.396 e. The summed E-state index contributed by atoms with van der Waals surface area (Å²) >= 11 is 0. The Morgan fingerprint density at radius 1 is 1.31 bits per heavy atom. The van der Waals surface area contributed by atoms with Gasteiger partial charge in [0, 0.05) is 6.61 Å². The number of aliphatic hydroxyl groups is 1. The van der Waals surface area contributed by atoms with E-state index in [0.717, 1.165) is 0 Å². The second-order valence-electron chi connectivity index (χ2n) is 5.69. The van der Waals surface area contributed by atoms with E-state index in [1.165, 1.54) is 37.7 Å². The molecule has 3 atom stereocenters. The first-order valence-electron chi connectivity index (χ1n) is 6.88. The first-order valence-corrected chi connectivity index (χ1v) is 6.88. The van der Waals surface area contributed by atoms with Crippen molar-refractivity contribution in [3.05, 3.63) is 11.6 Å². The van der Waals surface area contributed by atoms with Crippen LogP contribution in [0.5, 0.6) is 0 Å². The molecule has 1 fully saturated rings. The predicted octanol–water partition coefficient (Wildman–Crippen LogP) is 4.17. The molecule has 0 radical (unpaired) electrons. The van der Waals surface area contributed by atoms with Gasteiger partial charge in [-0.25, -0.2) is 0 Å². The quantitative estimate of drug-likeness (QED) is 0.644. The smallest absolute Gasteiger partial charge is 0.0470 e. The summed E-state index contributed by atoms with van der Waals surface area (Å²) in [6.07, 6.45) is 8.70. The topological polar surface area (TPSA) is 20.2 Å². The van der Waals surface area contributed by atoms with Gasteiger partial charge in [0.1, 0.15) is 0 Å². The Morgan fingerprint density at radius 3 is 2.50 bits per heavy atom. The van der Waals surface area contributed by atoms with Gasteiger partial charge in [0.2, 0.25) is 0 Å². The Hall–Kier alpha value is -0.300. The molecule has 1 N–H and O–H groups in total. The third-order valence-electron chi connectivity index (χ3n) is 4.31. The van der Waals surface area contributed by atoms with Gasteiger partial charge < -0.3 is 5.11 Å². The van der Waals surface area contributed by atoms with Crippen LogP contribution in [-0.4, -0.2) is 11.7 Å². The lowest BCUT2D eigenvalue weighted by Crippen LogP contribution is -2.01. The van der Waals surface area contributed by atoms with Crippen molar-refractivity contribution in [1.82, 2.24) is 0 Å². The van der Waals surface area contributed by atoms with Crippen molar-refractivity contribution in [1.29, 1.82) is 0 Å². The van der Waals surface area contributed by atoms with E-state index in [4.69, 9.17) is 0 Å². The summed E-state index contributed by atoms with van der Waals surface area (Å²) in [5.74, 6) is 1.15. The fourth-order valence-corrected chi connectivity index (χ4v) is 3.02. The molecule has 1 rings (SSSR count). The summed E-state index contributed by atoms with van der Waals surface area (Å²) in [5, 5.41) is 9.42. The summed E-state index contributed by atoms with van der Waals surface area (Å²) in [6.45, 7) is 9.41. The maximum atomic E-state index is 9.42. The van der Waals surface area contributed by atoms with Crippen LogP contribution in [0.25, 0.3) is 0 Å². The molecule has 16 heavy (non-hydrogen) atoms. The van der Waals surface area contributed by atoms with Crippen LogP contribution in [0.1, 0.15) is 59.8 Å². The maximum Gasteiger partial charge on any atom is 0.0470 e. The number of hydrogen-bond donors (Lipinski definition) is 1. The highest BCUT2D eigenvalue weighted by molar-refractivity contribution is 5.19. The zero-order valence-electron chi connectivity index (χ0n) is 11.4. The molecule has 0 aromatic rings. The Balaban J connectivity index is 2.57. The lowest BCUT2D eigenvalue weighted by Gasteiger charge is -2.09. The highest BCUT2D eigenvalue weighted by Gasteiger charge is 2.58. The molecule has 0 aromatic carbocycles. The van der Waals surface area contributed by atoms with E-state index in [-0.39, 0.29) is 0 Å².